The molecule has 0 atom stereocenters. The molecule has 0 radical (unpaired) electrons. The number of nitrogens with zero attached hydrogens (tertiary/aromatic N) is 1. The van der Waals surface area contributed by atoms with Gasteiger partial charge in [-0.2, -0.15) is 0 Å². The summed E-state index contributed by atoms with van der Waals surface area (Å²) >= 11 is 0. The van der Waals surface area contributed by atoms with Crippen molar-refractivity contribution in [3.05, 3.63) is 18.2 Å². The van der Waals surface area contributed by atoms with E-state index in [9.17, 15) is 9.59 Å². The molecule has 4 N–H and O–H groups in total. The number of carbonyl (C=O) groups is 2. The molecule has 0 spiro atoms. The third-order valence-electron chi connectivity index (χ3n) is 2.22. The van der Waals surface area contributed by atoms with E-state index < -0.39 is 6.09 Å². The average Bonchev–Trinajstić information content (AvgIpc) is 2.31. The molecule has 0 aliphatic rings. The second kappa shape index (κ2) is 6.60. The molecule has 0 bridgehead atoms. The second-order valence-electron chi connectivity index (χ2n) is 4.20. The van der Waals surface area contributed by atoms with Crippen LogP contribution in [0.3, 0.4) is 0 Å². The Morgan fingerprint density at radius 2 is 2.00 bits per heavy atom. The van der Waals surface area contributed by atoms with Crippen LogP contribution in [0.1, 0.15) is 0 Å². The highest BCUT2D eigenvalue weighted by Gasteiger charge is 2.08. The van der Waals surface area contributed by atoms with Crippen LogP contribution in [0.2, 0.25) is 0 Å². The number of nitrogen functional groups attached to an aromatic ring is 1. The van der Waals surface area contributed by atoms with E-state index in [1.807, 2.05) is 0 Å². The van der Waals surface area contributed by atoms with Crippen molar-refractivity contribution in [1.29, 1.82) is 0 Å². The maximum Gasteiger partial charge on any atom is 0.411 e. The van der Waals surface area contributed by atoms with E-state index in [0.29, 0.717) is 17.1 Å². The molecular weight excluding hydrogens is 248 g/mol. The number of hydrogen-bond acceptors (Lipinski definition) is 5. The molecule has 7 heteroatoms. The third kappa shape index (κ3) is 4.84. The number of hydrogen-bond donors (Lipinski definition) is 3. The van der Waals surface area contributed by atoms with Crippen molar-refractivity contribution in [2.24, 2.45) is 0 Å². The Kier molecular flexibility index (Phi) is 5.13. The summed E-state index contributed by atoms with van der Waals surface area (Å²) in [5.74, 6) is -0.162. The highest BCUT2D eigenvalue weighted by atomic mass is 16.5. The number of methoxy groups -OCH3 is 1. The van der Waals surface area contributed by atoms with Crippen LogP contribution in [0.25, 0.3) is 0 Å². The number of nitrogens with two attached hydrogens (primary N) is 1. The Balaban J connectivity index is 2.72. The molecule has 0 aliphatic carbocycles. The van der Waals surface area contributed by atoms with Crippen LogP contribution in [0, 0.1) is 0 Å². The van der Waals surface area contributed by atoms with E-state index in [2.05, 4.69) is 15.4 Å². The van der Waals surface area contributed by atoms with E-state index in [4.69, 9.17) is 5.73 Å². The molecule has 2 amide bonds. The lowest BCUT2D eigenvalue weighted by atomic mass is 10.2. The van der Waals surface area contributed by atoms with Crippen LogP contribution in [0.15, 0.2) is 18.2 Å². The Bertz CT molecular complexity index is 474. The average molecular weight is 266 g/mol. The Morgan fingerprint density at radius 3 is 2.53 bits per heavy atom. The molecule has 0 unspecified atom stereocenters. The largest absolute Gasteiger partial charge is 0.453 e. The lowest BCUT2D eigenvalue weighted by Gasteiger charge is -2.12. The number of nitrogens with one attached hydrogen (secondary N) is 2. The number of likely N-dealkylation sites (N-methyl/N-ethyl adjacent to an activating group) is 1. The second-order valence-corrected chi connectivity index (χ2v) is 4.20. The SMILES string of the molecule is COC(=O)Nc1ccc(NC(=O)CN(C)C)c(N)c1. The van der Waals surface area contributed by atoms with Gasteiger partial charge in [0.2, 0.25) is 5.91 Å². The minimum absolute atomic E-state index is 0.162. The molecule has 7 nitrogen and oxygen atoms in total. The van der Waals surface area contributed by atoms with Crippen molar-refractivity contribution >= 4 is 29.1 Å². The standard InChI is InChI=1S/C12H18N4O3/c1-16(2)7-11(17)15-10-5-4-8(6-9(10)13)14-12(18)19-3/h4-6H,7,13H2,1-3H3,(H,14,18)(H,15,17). The molecular formula is C12H18N4O3. The van der Waals surface area contributed by atoms with Crippen molar-refractivity contribution in [2.75, 3.05) is 44.1 Å². The van der Waals surface area contributed by atoms with Gasteiger partial charge in [-0.1, -0.05) is 0 Å². The zero-order valence-electron chi connectivity index (χ0n) is 11.2. The molecule has 0 saturated heterocycles. The van der Waals surface area contributed by atoms with Crippen LogP contribution in [0.5, 0.6) is 0 Å². The monoisotopic (exact) mass is 266 g/mol. The molecule has 0 aliphatic heterocycles. The molecule has 0 heterocycles. The van der Waals surface area contributed by atoms with Gasteiger partial charge in [-0.15, -0.1) is 0 Å². The van der Waals surface area contributed by atoms with Crippen molar-refractivity contribution in [3.8, 4) is 0 Å². The van der Waals surface area contributed by atoms with E-state index in [1.54, 1.807) is 37.2 Å². The highest BCUT2D eigenvalue weighted by molar-refractivity contribution is 5.96. The predicted molar refractivity (Wildman–Crippen MR) is 74.1 cm³/mol. The molecule has 0 fully saturated rings. The van der Waals surface area contributed by atoms with Gasteiger partial charge in [-0.3, -0.25) is 10.1 Å². The van der Waals surface area contributed by atoms with E-state index in [1.165, 1.54) is 7.11 Å². The smallest absolute Gasteiger partial charge is 0.411 e. The number of carbonyl (C=O) groups excluding carboxylic acids is 2. The summed E-state index contributed by atoms with van der Waals surface area (Å²) in [5.41, 5.74) is 7.16. The zero-order chi connectivity index (χ0) is 14.4. The van der Waals surface area contributed by atoms with Crippen LogP contribution in [-0.4, -0.2) is 44.7 Å². The van der Waals surface area contributed by atoms with Gasteiger partial charge in [0.25, 0.3) is 0 Å². The number of benzene rings is 1. The van der Waals surface area contributed by atoms with Gasteiger partial charge in [-0.25, -0.2) is 4.79 Å². The van der Waals surface area contributed by atoms with Crippen LogP contribution in [0.4, 0.5) is 21.9 Å². The number of anilines is 3. The summed E-state index contributed by atoms with van der Waals surface area (Å²) in [6.45, 7) is 0.265. The summed E-state index contributed by atoms with van der Waals surface area (Å²) in [7, 11) is 4.87. The highest BCUT2D eigenvalue weighted by Crippen LogP contribution is 2.22. The van der Waals surface area contributed by atoms with Gasteiger partial charge < -0.3 is 20.7 Å². The van der Waals surface area contributed by atoms with E-state index in [0.717, 1.165) is 0 Å². The zero-order valence-corrected chi connectivity index (χ0v) is 11.2. The first-order chi connectivity index (χ1) is 8.92. The lowest BCUT2D eigenvalue weighted by molar-refractivity contribution is -0.116. The van der Waals surface area contributed by atoms with E-state index in [-0.39, 0.29) is 12.5 Å². The number of rotatable bonds is 4. The molecule has 1 aromatic carbocycles. The van der Waals surface area contributed by atoms with Gasteiger partial charge in [0.1, 0.15) is 0 Å². The maximum absolute atomic E-state index is 11.6. The van der Waals surface area contributed by atoms with Gasteiger partial charge >= 0.3 is 6.09 Å². The molecule has 1 rings (SSSR count). The third-order valence-corrected chi connectivity index (χ3v) is 2.22. The fourth-order valence-corrected chi connectivity index (χ4v) is 1.40. The molecule has 0 aromatic heterocycles. The fraction of sp³-hybridized carbons (Fsp3) is 0.333. The molecule has 19 heavy (non-hydrogen) atoms. The Morgan fingerprint density at radius 1 is 1.32 bits per heavy atom. The quantitative estimate of drug-likeness (QED) is 0.705. The summed E-state index contributed by atoms with van der Waals surface area (Å²) < 4.78 is 4.47. The van der Waals surface area contributed by atoms with Crippen molar-refractivity contribution in [2.45, 2.75) is 0 Å². The predicted octanol–water partition coefficient (Wildman–Crippen LogP) is 0.947. The first-order valence-corrected chi connectivity index (χ1v) is 5.61. The first-order valence-electron chi connectivity index (χ1n) is 5.61. The minimum atomic E-state index is -0.580. The number of amides is 2. The van der Waals surface area contributed by atoms with Gasteiger partial charge in [0.05, 0.1) is 25.0 Å². The van der Waals surface area contributed by atoms with Gasteiger partial charge in [-0.05, 0) is 32.3 Å². The van der Waals surface area contributed by atoms with Crippen molar-refractivity contribution in [1.82, 2.24) is 4.90 Å². The summed E-state index contributed by atoms with van der Waals surface area (Å²) in [6, 6.07) is 4.79. The molecule has 104 valence electrons. The summed E-state index contributed by atoms with van der Waals surface area (Å²) in [6.07, 6.45) is -0.580. The molecule has 1 aromatic rings. The fourth-order valence-electron chi connectivity index (χ4n) is 1.40. The molecule has 0 saturated carbocycles. The van der Waals surface area contributed by atoms with Crippen LogP contribution < -0.4 is 16.4 Å². The van der Waals surface area contributed by atoms with Crippen LogP contribution in [-0.2, 0) is 9.53 Å². The maximum atomic E-state index is 11.6. The van der Waals surface area contributed by atoms with Gasteiger partial charge in [0.15, 0.2) is 0 Å². The lowest BCUT2D eigenvalue weighted by Crippen LogP contribution is -2.27. The van der Waals surface area contributed by atoms with Crippen LogP contribution >= 0.6 is 0 Å². The number of ether oxygens (including phenoxy) is 1. The van der Waals surface area contributed by atoms with Gasteiger partial charge in [0, 0.05) is 5.69 Å². The van der Waals surface area contributed by atoms with E-state index >= 15 is 0 Å². The Labute approximate surface area is 111 Å². The van der Waals surface area contributed by atoms with Crippen molar-refractivity contribution in [3.63, 3.8) is 0 Å². The minimum Gasteiger partial charge on any atom is -0.453 e. The normalized spacial score (nSPS) is 10.1. The summed E-state index contributed by atoms with van der Waals surface area (Å²) in [4.78, 5) is 24.4. The summed E-state index contributed by atoms with van der Waals surface area (Å²) in [5, 5.41) is 5.17. The first kappa shape index (κ1) is 14.8. The topological polar surface area (TPSA) is 96.7 Å². The van der Waals surface area contributed by atoms with Crippen molar-refractivity contribution < 1.29 is 14.3 Å². The Hall–Kier alpha value is -2.28.